The van der Waals surface area contributed by atoms with Crippen LogP contribution in [0.3, 0.4) is 0 Å². The summed E-state index contributed by atoms with van der Waals surface area (Å²) in [6.45, 7) is 5.21. The molecule has 0 unspecified atom stereocenters. The highest BCUT2D eigenvalue weighted by Gasteiger charge is 2.01. The molecule has 0 aliphatic rings. The Morgan fingerprint density at radius 1 is 1.11 bits per heavy atom. The van der Waals surface area contributed by atoms with Crippen molar-refractivity contribution in [1.29, 1.82) is 0 Å². The van der Waals surface area contributed by atoms with Crippen LogP contribution in [0.1, 0.15) is 30.9 Å². The Morgan fingerprint density at radius 3 is 2.37 bits per heavy atom. The van der Waals surface area contributed by atoms with E-state index >= 15 is 0 Å². The molecule has 100 valence electrons. The molecule has 0 aliphatic carbocycles. The van der Waals surface area contributed by atoms with Gasteiger partial charge >= 0.3 is 0 Å². The molecule has 0 fully saturated rings. The zero-order valence-electron chi connectivity index (χ0n) is 11.1. The molecular weight excluding hydrogens is 322 g/mol. The van der Waals surface area contributed by atoms with Crippen LogP contribution in [0.5, 0.6) is 0 Å². The smallest absolute Gasteiger partial charge is 0.0568 e. The zero-order chi connectivity index (χ0) is 13.8. The third-order valence-corrected chi connectivity index (χ3v) is 4.30. The predicted octanol–water partition coefficient (Wildman–Crippen LogP) is 5.84. The number of hydrogen-bond acceptors (Lipinski definition) is 1. The van der Waals surface area contributed by atoms with E-state index in [0.717, 1.165) is 21.7 Å². The Bertz CT molecular complexity index is 549. The minimum atomic E-state index is 0.576. The highest BCUT2D eigenvalue weighted by Crippen LogP contribution is 2.25. The summed E-state index contributed by atoms with van der Waals surface area (Å²) in [5.41, 5.74) is 3.67. The number of nitrogens with one attached hydrogen (secondary N) is 1. The molecule has 2 aromatic rings. The fourth-order valence-corrected chi connectivity index (χ4v) is 2.26. The van der Waals surface area contributed by atoms with E-state index in [-0.39, 0.29) is 0 Å². The summed E-state index contributed by atoms with van der Waals surface area (Å²) in [6.07, 6.45) is 0. The van der Waals surface area contributed by atoms with E-state index in [2.05, 4.69) is 59.4 Å². The highest BCUT2D eigenvalue weighted by atomic mass is 79.9. The van der Waals surface area contributed by atoms with Crippen molar-refractivity contribution in [2.45, 2.75) is 26.3 Å². The standard InChI is InChI=1S/C16H17BrClN/c1-11(2)13-5-3-12(4-6-13)10-19-14-7-8-15(17)16(18)9-14/h3-9,11,19H,10H2,1-2H3. The zero-order valence-corrected chi connectivity index (χ0v) is 13.4. The first-order chi connectivity index (χ1) is 9.06. The largest absolute Gasteiger partial charge is 0.381 e. The van der Waals surface area contributed by atoms with Crippen LogP contribution in [0, 0.1) is 0 Å². The molecule has 1 nitrogen and oxygen atoms in total. The number of benzene rings is 2. The Hall–Kier alpha value is -0.990. The van der Waals surface area contributed by atoms with Crippen molar-refractivity contribution in [3.05, 3.63) is 63.1 Å². The van der Waals surface area contributed by atoms with Crippen LogP contribution in [0.4, 0.5) is 5.69 Å². The lowest BCUT2D eigenvalue weighted by Gasteiger charge is -2.09. The van der Waals surface area contributed by atoms with Crippen LogP contribution in [-0.2, 0) is 6.54 Å². The predicted molar refractivity (Wildman–Crippen MR) is 87.0 cm³/mol. The molecule has 0 heterocycles. The first-order valence-electron chi connectivity index (χ1n) is 6.34. The Balaban J connectivity index is 2.00. The summed E-state index contributed by atoms with van der Waals surface area (Å²) in [4.78, 5) is 0. The van der Waals surface area contributed by atoms with E-state index in [1.807, 2.05) is 18.2 Å². The number of hydrogen-bond donors (Lipinski definition) is 1. The van der Waals surface area contributed by atoms with Gasteiger partial charge in [-0.2, -0.15) is 0 Å². The van der Waals surface area contributed by atoms with Gasteiger partial charge in [-0.05, 0) is 51.2 Å². The maximum atomic E-state index is 6.06. The van der Waals surface area contributed by atoms with Gasteiger partial charge in [0.15, 0.2) is 0 Å². The number of rotatable bonds is 4. The lowest BCUT2D eigenvalue weighted by molar-refractivity contribution is 0.865. The average molecular weight is 339 g/mol. The fourth-order valence-electron chi connectivity index (χ4n) is 1.83. The van der Waals surface area contributed by atoms with E-state index < -0.39 is 0 Å². The van der Waals surface area contributed by atoms with E-state index in [0.29, 0.717) is 5.92 Å². The second kappa shape index (κ2) is 6.44. The third kappa shape index (κ3) is 3.99. The van der Waals surface area contributed by atoms with Crippen molar-refractivity contribution in [1.82, 2.24) is 0 Å². The van der Waals surface area contributed by atoms with Gasteiger partial charge in [0.05, 0.1) is 5.02 Å². The van der Waals surface area contributed by atoms with Gasteiger partial charge in [0.1, 0.15) is 0 Å². The van der Waals surface area contributed by atoms with Gasteiger partial charge in [0.25, 0.3) is 0 Å². The average Bonchev–Trinajstić information content (AvgIpc) is 2.40. The summed E-state index contributed by atoms with van der Waals surface area (Å²) >= 11 is 9.45. The fraction of sp³-hybridized carbons (Fsp3) is 0.250. The molecule has 0 atom stereocenters. The normalized spacial score (nSPS) is 10.8. The minimum absolute atomic E-state index is 0.576. The first-order valence-corrected chi connectivity index (χ1v) is 7.51. The molecule has 0 saturated heterocycles. The second-order valence-corrected chi connectivity index (χ2v) is 6.14. The summed E-state index contributed by atoms with van der Waals surface area (Å²) in [6, 6.07) is 14.6. The van der Waals surface area contributed by atoms with Crippen molar-refractivity contribution < 1.29 is 0 Å². The van der Waals surface area contributed by atoms with E-state index in [4.69, 9.17) is 11.6 Å². The van der Waals surface area contributed by atoms with Gasteiger partial charge in [-0.1, -0.05) is 49.7 Å². The third-order valence-electron chi connectivity index (χ3n) is 3.06. The molecule has 0 amide bonds. The summed E-state index contributed by atoms with van der Waals surface area (Å²) in [7, 11) is 0. The minimum Gasteiger partial charge on any atom is -0.381 e. The molecular formula is C16H17BrClN. The molecule has 2 aromatic carbocycles. The van der Waals surface area contributed by atoms with E-state index in [1.54, 1.807) is 0 Å². The number of halogens is 2. The van der Waals surface area contributed by atoms with E-state index in [1.165, 1.54) is 11.1 Å². The molecule has 19 heavy (non-hydrogen) atoms. The lowest BCUT2D eigenvalue weighted by atomic mass is 10.0. The molecule has 3 heteroatoms. The Morgan fingerprint density at radius 2 is 1.79 bits per heavy atom. The van der Waals surface area contributed by atoms with Gasteiger partial charge in [-0.25, -0.2) is 0 Å². The van der Waals surface area contributed by atoms with Crippen LogP contribution < -0.4 is 5.32 Å². The van der Waals surface area contributed by atoms with Crippen LogP contribution >= 0.6 is 27.5 Å². The molecule has 0 aromatic heterocycles. The molecule has 0 aliphatic heterocycles. The summed E-state index contributed by atoms with van der Waals surface area (Å²) in [5.74, 6) is 0.576. The maximum absolute atomic E-state index is 6.06. The lowest BCUT2D eigenvalue weighted by Crippen LogP contribution is -1.99. The van der Waals surface area contributed by atoms with Gasteiger partial charge in [0.2, 0.25) is 0 Å². The first kappa shape index (κ1) is 14.4. The van der Waals surface area contributed by atoms with Crippen LogP contribution in [0.2, 0.25) is 5.02 Å². The van der Waals surface area contributed by atoms with Crippen molar-refractivity contribution in [3.63, 3.8) is 0 Å². The maximum Gasteiger partial charge on any atom is 0.0568 e. The molecule has 0 radical (unpaired) electrons. The molecule has 0 spiro atoms. The van der Waals surface area contributed by atoms with Gasteiger partial charge in [-0.15, -0.1) is 0 Å². The van der Waals surface area contributed by atoms with Gasteiger partial charge < -0.3 is 5.32 Å². The van der Waals surface area contributed by atoms with E-state index in [9.17, 15) is 0 Å². The molecule has 2 rings (SSSR count). The van der Waals surface area contributed by atoms with Crippen LogP contribution in [-0.4, -0.2) is 0 Å². The van der Waals surface area contributed by atoms with Crippen molar-refractivity contribution in [2.75, 3.05) is 5.32 Å². The van der Waals surface area contributed by atoms with Crippen molar-refractivity contribution in [2.24, 2.45) is 0 Å². The summed E-state index contributed by atoms with van der Waals surface area (Å²) < 4.78 is 0.918. The Labute approximate surface area is 128 Å². The van der Waals surface area contributed by atoms with Crippen molar-refractivity contribution >= 4 is 33.2 Å². The quantitative estimate of drug-likeness (QED) is 0.738. The highest BCUT2D eigenvalue weighted by molar-refractivity contribution is 9.10. The van der Waals surface area contributed by atoms with Gasteiger partial charge in [-0.3, -0.25) is 0 Å². The topological polar surface area (TPSA) is 12.0 Å². The Kier molecular flexibility index (Phi) is 4.89. The molecule has 0 bridgehead atoms. The van der Waals surface area contributed by atoms with Crippen LogP contribution in [0.25, 0.3) is 0 Å². The van der Waals surface area contributed by atoms with Gasteiger partial charge in [0, 0.05) is 16.7 Å². The molecule has 0 saturated carbocycles. The monoisotopic (exact) mass is 337 g/mol. The second-order valence-electron chi connectivity index (χ2n) is 4.88. The van der Waals surface area contributed by atoms with Crippen molar-refractivity contribution in [3.8, 4) is 0 Å². The SMILES string of the molecule is CC(C)c1ccc(CNc2ccc(Br)c(Cl)c2)cc1. The summed E-state index contributed by atoms with van der Waals surface area (Å²) in [5, 5.41) is 4.09. The number of anilines is 1. The molecule has 1 N–H and O–H groups in total. The van der Waals surface area contributed by atoms with Crippen LogP contribution in [0.15, 0.2) is 46.9 Å².